The third-order valence-electron chi connectivity index (χ3n) is 2.68. The van der Waals surface area contributed by atoms with E-state index in [4.69, 9.17) is 21.3 Å². The molecule has 0 saturated carbocycles. The first kappa shape index (κ1) is 13.8. The number of hydrogen-bond acceptors (Lipinski definition) is 4. The Morgan fingerprint density at radius 3 is 2.70 bits per heavy atom. The maximum atomic E-state index is 13.8. The Labute approximate surface area is 114 Å². The molecule has 0 bridgehead atoms. The number of ether oxygens (including phenoxy) is 1. The van der Waals surface area contributed by atoms with Gasteiger partial charge in [-0.25, -0.2) is 4.39 Å². The molecule has 2 aromatic carbocycles. The molecule has 1 amide bonds. The van der Waals surface area contributed by atoms with Crippen LogP contribution in [0.1, 0.15) is 15.9 Å². The van der Waals surface area contributed by atoms with Crippen molar-refractivity contribution in [3.05, 3.63) is 53.3 Å². The van der Waals surface area contributed by atoms with E-state index in [1.54, 1.807) is 24.3 Å². The number of carbonyl (C=O) groups is 1. The van der Waals surface area contributed by atoms with Crippen LogP contribution in [0.15, 0.2) is 36.4 Å². The predicted octanol–water partition coefficient (Wildman–Crippen LogP) is 1.79. The molecule has 0 saturated heterocycles. The normalized spacial score (nSPS) is 10.3. The third-order valence-corrected chi connectivity index (χ3v) is 2.68. The molecular formula is C14H13FN2O3. The number of hydrogen-bond donors (Lipinski definition) is 3. The molecule has 0 aliphatic carbocycles. The summed E-state index contributed by atoms with van der Waals surface area (Å²) >= 11 is 0. The second kappa shape index (κ2) is 5.58. The van der Waals surface area contributed by atoms with Gasteiger partial charge >= 0.3 is 0 Å². The number of aliphatic hydroxyl groups excluding tert-OH is 1. The summed E-state index contributed by atoms with van der Waals surface area (Å²) in [6.45, 7) is -0.159. The van der Waals surface area contributed by atoms with Crippen molar-refractivity contribution in [2.24, 2.45) is 5.73 Å². The van der Waals surface area contributed by atoms with Crippen molar-refractivity contribution in [1.82, 2.24) is 0 Å². The maximum absolute atomic E-state index is 13.8. The summed E-state index contributed by atoms with van der Waals surface area (Å²) in [6, 6.07) is 8.63. The van der Waals surface area contributed by atoms with Crippen molar-refractivity contribution in [3.8, 4) is 11.5 Å². The number of benzene rings is 2. The standard InChI is InChI=1S/C14H13FN2O3/c15-11-6-12(16)10(14(17)19)5-13(11)20-9-3-1-2-8(4-9)7-18/h1-6,18H,7,16H2,(H2,17,19). The van der Waals surface area contributed by atoms with Crippen molar-refractivity contribution >= 4 is 11.6 Å². The lowest BCUT2D eigenvalue weighted by Crippen LogP contribution is -2.14. The van der Waals surface area contributed by atoms with Gasteiger partial charge in [0.1, 0.15) is 5.75 Å². The van der Waals surface area contributed by atoms with E-state index in [-0.39, 0.29) is 23.6 Å². The second-order valence-electron chi connectivity index (χ2n) is 4.14. The molecule has 0 radical (unpaired) electrons. The zero-order valence-electron chi connectivity index (χ0n) is 10.5. The third kappa shape index (κ3) is 2.86. The lowest BCUT2D eigenvalue weighted by atomic mass is 10.1. The van der Waals surface area contributed by atoms with Crippen molar-refractivity contribution in [1.29, 1.82) is 0 Å². The molecular weight excluding hydrogens is 263 g/mol. The molecule has 0 aromatic heterocycles. The molecule has 5 N–H and O–H groups in total. The predicted molar refractivity (Wildman–Crippen MR) is 71.8 cm³/mol. The number of nitrogen functional groups attached to an aromatic ring is 1. The number of primary amides is 1. The van der Waals surface area contributed by atoms with E-state index in [9.17, 15) is 9.18 Å². The van der Waals surface area contributed by atoms with Crippen LogP contribution in [-0.2, 0) is 6.61 Å². The van der Waals surface area contributed by atoms with Gasteiger partial charge in [-0.05, 0) is 23.8 Å². The number of rotatable bonds is 4. The fourth-order valence-corrected chi connectivity index (χ4v) is 1.69. The molecule has 0 aliphatic rings. The lowest BCUT2D eigenvalue weighted by molar-refractivity contribution is 0.100. The van der Waals surface area contributed by atoms with Crippen LogP contribution in [-0.4, -0.2) is 11.0 Å². The first-order chi connectivity index (χ1) is 9.51. The highest BCUT2D eigenvalue weighted by Gasteiger charge is 2.13. The van der Waals surface area contributed by atoms with E-state index in [2.05, 4.69) is 0 Å². The van der Waals surface area contributed by atoms with Gasteiger partial charge in [-0.15, -0.1) is 0 Å². The van der Waals surface area contributed by atoms with E-state index in [0.717, 1.165) is 12.1 Å². The maximum Gasteiger partial charge on any atom is 0.250 e. The summed E-state index contributed by atoms with van der Waals surface area (Å²) in [4.78, 5) is 11.2. The summed E-state index contributed by atoms with van der Waals surface area (Å²) in [6.07, 6.45) is 0. The van der Waals surface area contributed by atoms with Crippen LogP contribution in [0.4, 0.5) is 10.1 Å². The smallest absolute Gasteiger partial charge is 0.250 e. The van der Waals surface area contributed by atoms with Crippen molar-refractivity contribution < 1.29 is 19.0 Å². The first-order valence-corrected chi connectivity index (χ1v) is 5.77. The summed E-state index contributed by atoms with van der Waals surface area (Å²) < 4.78 is 19.1. The minimum atomic E-state index is -0.767. The Balaban J connectivity index is 2.37. The number of nitrogens with two attached hydrogens (primary N) is 2. The highest BCUT2D eigenvalue weighted by molar-refractivity contribution is 5.98. The van der Waals surface area contributed by atoms with Gasteiger partial charge in [-0.3, -0.25) is 4.79 Å². The zero-order chi connectivity index (χ0) is 14.7. The van der Waals surface area contributed by atoms with E-state index < -0.39 is 11.7 Å². The Morgan fingerprint density at radius 1 is 1.30 bits per heavy atom. The molecule has 0 heterocycles. The Kier molecular flexibility index (Phi) is 3.86. The molecule has 0 fully saturated rings. The Morgan fingerprint density at radius 2 is 2.05 bits per heavy atom. The molecule has 2 rings (SSSR count). The average molecular weight is 276 g/mol. The van der Waals surface area contributed by atoms with Gasteiger partial charge in [0.05, 0.1) is 12.2 Å². The summed E-state index contributed by atoms with van der Waals surface area (Å²) in [5.41, 5.74) is 11.2. The van der Waals surface area contributed by atoms with Crippen molar-refractivity contribution in [2.75, 3.05) is 5.73 Å². The number of carbonyl (C=O) groups excluding carboxylic acids is 1. The van der Waals surface area contributed by atoms with Crippen LogP contribution in [0.25, 0.3) is 0 Å². The highest BCUT2D eigenvalue weighted by atomic mass is 19.1. The topological polar surface area (TPSA) is 98.6 Å². The molecule has 0 aliphatic heterocycles. The van der Waals surface area contributed by atoms with E-state index in [1.165, 1.54) is 0 Å². The fraction of sp³-hybridized carbons (Fsp3) is 0.0714. The van der Waals surface area contributed by atoms with E-state index in [1.807, 2.05) is 0 Å². The van der Waals surface area contributed by atoms with Crippen molar-refractivity contribution in [3.63, 3.8) is 0 Å². The van der Waals surface area contributed by atoms with Crippen LogP contribution in [0.2, 0.25) is 0 Å². The largest absolute Gasteiger partial charge is 0.454 e. The van der Waals surface area contributed by atoms with E-state index >= 15 is 0 Å². The van der Waals surface area contributed by atoms with Gasteiger partial charge in [0, 0.05) is 11.8 Å². The van der Waals surface area contributed by atoms with E-state index in [0.29, 0.717) is 11.3 Å². The second-order valence-corrected chi connectivity index (χ2v) is 4.14. The van der Waals surface area contributed by atoms with Gasteiger partial charge < -0.3 is 21.3 Å². The van der Waals surface area contributed by atoms with Crippen molar-refractivity contribution in [2.45, 2.75) is 6.61 Å². The van der Waals surface area contributed by atoms with Crippen LogP contribution < -0.4 is 16.2 Å². The summed E-state index contributed by atoms with van der Waals surface area (Å²) in [7, 11) is 0. The SMILES string of the molecule is NC(=O)c1cc(Oc2cccc(CO)c2)c(F)cc1N. The van der Waals surface area contributed by atoms with Gasteiger partial charge in [0.15, 0.2) is 11.6 Å². The van der Waals surface area contributed by atoms with Gasteiger partial charge in [0.25, 0.3) is 5.91 Å². The van der Waals surface area contributed by atoms with Gasteiger partial charge in [-0.2, -0.15) is 0 Å². The molecule has 2 aromatic rings. The first-order valence-electron chi connectivity index (χ1n) is 5.77. The number of amides is 1. The number of anilines is 1. The highest BCUT2D eigenvalue weighted by Crippen LogP contribution is 2.29. The number of halogens is 1. The Hall–Kier alpha value is -2.60. The van der Waals surface area contributed by atoms with Crippen LogP contribution >= 0.6 is 0 Å². The summed E-state index contributed by atoms with van der Waals surface area (Å²) in [5, 5.41) is 9.03. The molecule has 5 nitrogen and oxygen atoms in total. The van der Waals surface area contributed by atoms with Crippen LogP contribution in [0.5, 0.6) is 11.5 Å². The quantitative estimate of drug-likeness (QED) is 0.741. The minimum Gasteiger partial charge on any atom is -0.454 e. The van der Waals surface area contributed by atoms with Gasteiger partial charge in [0.2, 0.25) is 0 Å². The molecule has 0 unspecified atom stereocenters. The molecule has 0 spiro atoms. The molecule has 20 heavy (non-hydrogen) atoms. The Bertz CT molecular complexity index is 659. The van der Waals surface area contributed by atoms with Crippen LogP contribution in [0.3, 0.4) is 0 Å². The average Bonchev–Trinajstić information content (AvgIpc) is 2.41. The van der Waals surface area contributed by atoms with Gasteiger partial charge in [-0.1, -0.05) is 12.1 Å². The summed E-state index contributed by atoms with van der Waals surface area (Å²) in [5.74, 6) is -1.31. The lowest BCUT2D eigenvalue weighted by Gasteiger charge is -2.10. The zero-order valence-corrected chi connectivity index (χ0v) is 10.5. The minimum absolute atomic E-state index is 0.0142. The monoisotopic (exact) mass is 276 g/mol. The number of aliphatic hydroxyl groups is 1. The molecule has 0 atom stereocenters. The van der Waals surface area contributed by atoms with Crippen LogP contribution in [0, 0.1) is 5.82 Å². The molecule has 104 valence electrons. The molecule has 6 heteroatoms. The fourth-order valence-electron chi connectivity index (χ4n) is 1.69.